The van der Waals surface area contributed by atoms with E-state index in [9.17, 15) is 9.59 Å². The standard InChI is InChI=1S/C17H15ClN2O5/c1-23-15-9-11(3-8-14(15)25-17(22)24-2)10-19-20-16(21)12-4-6-13(18)7-5-12/h3-10H,1-2H3,(H,20,21)/b19-10-. The number of carbonyl (C=O) groups is 2. The van der Waals surface area contributed by atoms with E-state index in [0.29, 0.717) is 21.9 Å². The highest BCUT2D eigenvalue weighted by atomic mass is 35.5. The molecule has 2 aromatic rings. The fourth-order valence-electron chi connectivity index (χ4n) is 1.81. The lowest BCUT2D eigenvalue weighted by molar-refractivity contribution is 0.0955. The number of methoxy groups -OCH3 is 2. The Bertz CT molecular complexity index is 790. The number of hydrazone groups is 1. The summed E-state index contributed by atoms with van der Waals surface area (Å²) in [5, 5.41) is 4.42. The highest BCUT2D eigenvalue weighted by Gasteiger charge is 2.10. The van der Waals surface area contributed by atoms with E-state index in [1.54, 1.807) is 36.4 Å². The van der Waals surface area contributed by atoms with E-state index in [-0.39, 0.29) is 11.7 Å². The minimum Gasteiger partial charge on any atom is -0.493 e. The Balaban J connectivity index is 2.04. The Labute approximate surface area is 149 Å². The summed E-state index contributed by atoms with van der Waals surface area (Å²) < 4.78 is 14.5. The Kier molecular flexibility index (Phi) is 6.36. The van der Waals surface area contributed by atoms with Crippen LogP contribution in [-0.4, -0.2) is 32.5 Å². The van der Waals surface area contributed by atoms with Crippen LogP contribution in [0.1, 0.15) is 15.9 Å². The van der Waals surface area contributed by atoms with Gasteiger partial charge in [-0.05, 0) is 48.0 Å². The Hall–Kier alpha value is -3.06. The Morgan fingerprint density at radius 3 is 2.44 bits per heavy atom. The maximum absolute atomic E-state index is 11.9. The van der Waals surface area contributed by atoms with Crippen LogP contribution >= 0.6 is 11.6 Å². The van der Waals surface area contributed by atoms with Gasteiger partial charge in [0.05, 0.1) is 20.4 Å². The van der Waals surface area contributed by atoms with Gasteiger partial charge in [0.2, 0.25) is 0 Å². The van der Waals surface area contributed by atoms with Crippen molar-refractivity contribution in [2.75, 3.05) is 14.2 Å². The zero-order valence-corrected chi connectivity index (χ0v) is 14.2. The van der Waals surface area contributed by atoms with Crippen LogP contribution in [0.4, 0.5) is 4.79 Å². The molecule has 25 heavy (non-hydrogen) atoms. The van der Waals surface area contributed by atoms with Crippen molar-refractivity contribution in [3.8, 4) is 11.5 Å². The fraction of sp³-hybridized carbons (Fsp3) is 0.118. The third-order valence-electron chi connectivity index (χ3n) is 3.03. The molecule has 0 atom stereocenters. The number of amides is 1. The highest BCUT2D eigenvalue weighted by Crippen LogP contribution is 2.27. The molecule has 0 aliphatic rings. The normalized spacial score (nSPS) is 10.4. The summed E-state index contributed by atoms with van der Waals surface area (Å²) in [5.41, 5.74) is 3.46. The van der Waals surface area contributed by atoms with Crippen LogP contribution in [0.25, 0.3) is 0 Å². The number of carbonyl (C=O) groups excluding carboxylic acids is 2. The van der Waals surface area contributed by atoms with Crippen molar-refractivity contribution in [1.82, 2.24) is 5.43 Å². The molecule has 2 rings (SSSR count). The minimum absolute atomic E-state index is 0.205. The SMILES string of the molecule is COC(=O)Oc1ccc(/C=N\NC(=O)c2ccc(Cl)cc2)cc1OC. The number of hydrogen-bond acceptors (Lipinski definition) is 6. The topological polar surface area (TPSA) is 86.2 Å². The Morgan fingerprint density at radius 2 is 1.80 bits per heavy atom. The van der Waals surface area contributed by atoms with Gasteiger partial charge in [-0.1, -0.05) is 11.6 Å². The number of nitrogens with one attached hydrogen (secondary N) is 1. The predicted octanol–water partition coefficient (Wildman–Crippen LogP) is 3.26. The smallest absolute Gasteiger partial charge is 0.493 e. The van der Waals surface area contributed by atoms with Crippen molar-refractivity contribution in [2.24, 2.45) is 5.10 Å². The van der Waals surface area contributed by atoms with Crippen molar-refractivity contribution in [3.05, 3.63) is 58.6 Å². The molecule has 1 N–H and O–H groups in total. The van der Waals surface area contributed by atoms with E-state index in [4.69, 9.17) is 21.1 Å². The minimum atomic E-state index is -0.852. The first-order valence-corrected chi connectivity index (χ1v) is 7.44. The molecular weight excluding hydrogens is 348 g/mol. The van der Waals surface area contributed by atoms with Crippen LogP contribution in [0.15, 0.2) is 47.6 Å². The van der Waals surface area contributed by atoms with Gasteiger partial charge in [0, 0.05) is 10.6 Å². The number of ether oxygens (including phenoxy) is 3. The molecule has 8 heteroatoms. The molecule has 0 spiro atoms. The zero-order valence-electron chi connectivity index (χ0n) is 13.5. The summed E-state index contributed by atoms with van der Waals surface area (Å²) in [4.78, 5) is 23.1. The summed E-state index contributed by atoms with van der Waals surface area (Å²) in [6, 6.07) is 11.2. The zero-order chi connectivity index (χ0) is 18.2. The molecule has 7 nitrogen and oxygen atoms in total. The van der Waals surface area contributed by atoms with E-state index in [1.165, 1.54) is 26.5 Å². The quantitative estimate of drug-likeness (QED) is 0.382. The van der Waals surface area contributed by atoms with Crippen LogP contribution < -0.4 is 14.9 Å². The molecule has 0 aromatic heterocycles. The maximum atomic E-state index is 11.9. The van der Waals surface area contributed by atoms with E-state index >= 15 is 0 Å². The second-order valence-electron chi connectivity index (χ2n) is 4.67. The van der Waals surface area contributed by atoms with Gasteiger partial charge in [0.15, 0.2) is 11.5 Å². The van der Waals surface area contributed by atoms with Gasteiger partial charge in [0.1, 0.15) is 0 Å². The molecule has 0 heterocycles. The second kappa shape index (κ2) is 8.70. The van der Waals surface area contributed by atoms with Crippen molar-refractivity contribution < 1.29 is 23.8 Å². The molecular formula is C17H15ClN2O5. The molecule has 0 bridgehead atoms. The molecule has 0 saturated heterocycles. The van der Waals surface area contributed by atoms with Gasteiger partial charge in [-0.2, -0.15) is 5.10 Å². The molecule has 0 aliphatic carbocycles. The molecule has 1 amide bonds. The molecule has 0 aliphatic heterocycles. The summed E-state index contributed by atoms with van der Waals surface area (Å²) in [5.74, 6) is 0.153. The third-order valence-corrected chi connectivity index (χ3v) is 3.29. The van der Waals surface area contributed by atoms with Crippen LogP contribution in [0, 0.1) is 0 Å². The van der Waals surface area contributed by atoms with Gasteiger partial charge in [-0.25, -0.2) is 10.2 Å². The van der Waals surface area contributed by atoms with Crippen LogP contribution in [-0.2, 0) is 4.74 Å². The van der Waals surface area contributed by atoms with Crippen LogP contribution in [0.5, 0.6) is 11.5 Å². The lowest BCUT2D eigenvalue weighted by Gasteiger charge is -2.08. The third kappa shape index (κ3) is 5.22. The molecule has 0 saturated carbocycles. The molecule has 130 valence electrons. The van der Waals surface area contributed by atoms with Crippen molar-refractivity contribution in [1.29, 1.82) is 0 Å². The van der Waals surface area contributed by atoms with Gasteiger partial charge < -0.3 is 14.2 Å². The monoisotopic (exact) mass is 362 g/mol. The number of benzene rings is 2. The average molecular weight is 363 g/mol. The summed E-state index contributed by atoms with van der Waals surface area (Å²) in [7, 11) is 2.64. The average Bonchev–Trinajstić information content (AvgIpc) is 2.63. The summed E-state index contributed by atoms with van der Waals surface area (Å²) >= 11 is 5.77. The molecule has 0 radical (unpaired) electrons. The Morgan fingerprint density at radius 1 is 1.08 bits per heavy atom. The number of rotatable bonds is 5. The maximum Gasteiger partial charge on any atom is 0.513 e. The van der Waals surface area contributed by atoms with Crippen molar-refractivity contribution in [2.45, 2.75) is 0 Å². The van der Waals surface area contributed by atoms with Crippen LogP contribution in [0.3, 0.4) is 0 Å². The van der Waals surface area contributed by atoms with Crippen molar-refractivity contribution in [3.63, 3.8) is 0 Å². The van der Waals surface area contributed by atoms with E-state index in [2.05, 4.69) is 15.3 Å². The van der Waals surface area contributed by atoms with E-state index in [0.717, 1.165) is 0 Å². The lowest BCUT2D eigenvalue weighted by Crippen LogP contribution is -2.17. The molecule has 0 fully saturated rings. The lowest BCUT2D eigenvalue weighted by atomic mass is 10.2. The first kappa shape index (κ1) is 18.3. The molecule has 0 unspecified atom stereocenters. The van der Waals surface area contributed by atoms with E-state index in [1.807, 2.05) is 0 Å². The number of halogens is 1. The van der Waals surface area contributed by atoms with E-state index < -0.39 is 6.16 Å². The number of nitrogens with zero attached hydrogens (tertiary/aromatic N) is 1. The fourth-order valence-corrected chi connectivity index (χ4v) is 1.94. The summed E-state index contributed by atoms with van der Waals surface area (Å²) in [6.07, 6.45) is 0.577. The summed E-state index contributed by atoms with van der Waals surface area (Å²) in [6.45, 7) is 0. The van der Waals surface area contributed by atoms with Crippen LogP contribution in [0.2, 0.25) is 5.02 Å². The first-order chi connectivity index (χ1) is 12.0. The number of hydrogen-bond donors (Lipinski definition) is 1. The van der Waals surface area contributed by atoms with Gasteiger partial charge in [-0.3, -0.25) is 4.79 Å². The van der Waals surface area contributed by atoms with Gasteiger partial charge in [-0.15, -0.1) is 0 Å². The second-order valence-corrected chi connectivity index (χ2v) is 5.11. The highest BCUT2D eigenvalue weighted by molar-refractivity contribution is 6.30. The molecule has 2 aromatic carbocycles. The first-order valence-electron chi connectivity index (χ1n) is 7.06. The van der Waals surface area contributed by atoms with Crippen molar-refractivity contribution >= 4 is 29.9 Å². The predicted molar refractivity (Wildman–Crippen MR) is 92.5 cm³/mol. The van der Waals surface area contributed by atoms with Gasteiger partial charge >= 0.3 is 6.16 Å². The van der Waals surface area contributed by atoms with Gasteiger partial charge in [0.25, 0.3) is 5.91 Å². The largest absolute Gasteiger partial charge is 0.513 e.